The van der Waals surface area contributed by atoms with Gasteiger partial charge in [0.2, 0.25) is 0 Å². The minimum absolute atomic E-state index is 0.000659. The number of rotatable bonds is 3. The van der Waals surface area contributed by atoms with Crippen LogP contribution in [0.5, 0.6) is 0 Å². The Morgan fingerprint density at radius 2 is 2.00 bits per heavy atom. The van der Waals surface area contributed by atoms with Crippen molar-refractivity contribution in [2.24, 2.45) is 5.73 Å². The molecule has 21 heavy (non-hydrogen) atoms. The number of hydrogen-bond acceptors (Lipinski definition) is 2. The predicted octanol–water partition coefficient (Wildman–Crippen LogP) is 5.16. The van der Waals surface area contributed by atoms with Crippen molar-refractivity contribution in [1.82, 2.24) is 0 Å². The Bertz CT molecular complexity index is 614. The van der Waals surface area contributed by atoms with Gasteiger partial charge in [-0.3, -0.25) is 0 Å². The largest absolute Gasteiger partial charge is 0.323 e. The summed E-state index contributed by atoms with van der Waals surface area (Å²) >= 11 is 5.11. The summed E-state index contributed by atoms with van der Waals surface area (Å²) in [5, 5.41) is 0. The van der Waals surface area contributed by atoms with E-state index in [1.807, 2.05) is 23.5 Å². The number of fused-ring (bicyclic) bond motifs is 1. The molecule has 0 amide bonds. The molecule has 0 saturated heterocycles. The summed E-state index contributed by atoms with van der Waals surface area (Å²) < 4.78 is 13.8. The normalized spacial score (nSPS) is 16.3. The first kappa shape index (κ1) is 15.2. The lowest BCUT2D eigenvalue weighted by atomic mass is 10.0. The van der Waals surface area contributed by atoms with Crippen LogP contribution in [0.1, 0.15) is 46.2 Å². The molecule has 4 heteroatoms. The molecule has 112 valence electrons. The first-order chi connectivity index (χ1) is 10.1. The average molecular weight is 368 g/mol. The fourth-order valence-corrected chi connectivity index (χ4v) is 4.58. The molecule has 1 aliphatic carbocycles. The second-order valence-corrected chi connectivity index (χ2v) is 7.74. The summed E-state index contributed by atoms with van der Waals surface area (Å²) in [6.45, 7) is 0. The smallest absolute Gasteiger partial charge is 0.137 e. The van der Waals surface area contributed by atoms with E-state index in [2.05, 4.69) is 22.0 Å². The van der Waals surface area contributed by atoms with Gasteiger partial charge in [-0.1, -0.05) is 12.5 Å². The van der Waals surface area contributed by atoms with E-state index in [1.54, 1.807) is 0 Å². The van der Waals surface area contributed by atoms with Crippen LogP contribution in [0.2, 0.25) is 0 Å². The fraction of sp³-hybridized carbons (Fsp3) is 0.412. The molecule has 1 aromatic heterocycles. The van der Waals surface area contributed by atoms with E-state index in [9.17, 15) is 4.39 Å². The lowest BCUT2D eigenvalue weighted by Gasteiger charge is -2.10. The van der Waals surface area contributed by atoms with Crippen LogP contribution < -0.4 is 5.73 Å². The Morgan fingerprint density at radius 1 is 1.19 bits per heavy atom. The minimum Gasteiger partial charge on any atom is -0.323 e. The zero-order chi connectivity index (χ0) is 14.8. The highest BCUT2D eigenvalue weighted by Crippen LogP contribution is 2.33. The van der Waals surface area contributed by atoms with Crippen molar-refractivity contribution in [2.45, 2.75) is 44.6 Å². The summed E-state index contributed by atoms with van der Waals surface area (Å²) in [5.74, 6) is -0.227. The molecule has 0 bridgehead atoms. The Labute approximate surface area is 137 Å². The minimum atomic E-state index is -0.227. The van der Waals surface area contributed by atoms with Gasteiger partial charge in [0.25, 0.3) is 0 Å². The Kier molecular flexibility index (Phi) is 4.77. The molecule has 3 rings (SSSR count). The van der Waals surface area contributed by atoms with Crippen molar-refractivity contribution < 1.29 is 4.39 Å². The number of hydrogen-bond donors (Lipinski definition) is 1. The topological polar surface area (TPSA) is 26.0 Å². The first-order valence-corrected chi connectivity index (χ1v) is 9.05. The quantitative estimate of drug-likeness (QED) is 0.744. The third kappa shape index (κ3) is 3.55. The van der Waals surface area contributed by atoms with Gasteiger partial charge in [-0.05, 0) is 77.4 Å². The fourth-order valence-electron chi connectivity index (χ4n) is 2.89. The van der Waals surface area contributed by atoms with Crippen LogP contribution in [-0.2, 0) is 19.3 Å². The van der Waals surface area contributed by atoms with Crippen LogP contribution >= 0.6 is 27.3 Å². The van der Waals surface area contributed by atoms with Gasteiger partial charge < -0.3 is 5.73 Å². The second kappa shape index (κ2) is 6.59. The molecule has 1 aromatic carbocycles. The van der Waals surface area contributed by atoms with E-state index in [0.29, 0.717) is 4.47 Å². The van der Waals surface area contributed by atoms with Gasteiger partial charge in [0.15, 0.2) is 0 Å². The number of benzene rings is 1. The summed E-state index contributed by atoms with van der Waals surface area (Å²) in [4.78, 5) is 2.79. The van der Waals surface area contributed by atoms with Crippen LogP contribution in [0.4, 0.5) is 4.39 Å². The number of halogens is 2. The van der Waals surface area contributed by atoms with Crippen molar-refractivity contribution in [3.63, 3.8) is 0 Å². The molecule has 1 aliphatic rings. The van der Waals surface area contributed by atoms with Crippen LogP contribution in [0, 0.1) is 5.82 Å². The van der Waals surface area contributed by atoms with Crippen molar-refractivity contribution in [3.8, 4) is 0 Å². The lowest BCUT2D eigenvalue weighted by molar-refractivity contribution is 0.619. The van der Waals surface area contributed by atoms with Gasteiger partial charge in [0.05, 0.1) is 4.47 Å². The molecule has 1 unspecified atom stereocenters. The molecule has 2 N–H and O–H groups in total. The Balaban J connectivity index is 1.75. The first-order valence-electron chi connectivity index (χ1n) is 7.44. The molecule has 0 spiro atoms. The number of thiophene rings is 1. The molecule has 1 heterocycles. The molecule has 0 fully saturated rings. The van der Waals surface area contributed by atoms with E-state index in [0.717, 1.165) is 12.0 Å². The zero-order valence-corrected chi connectivity index (χ0v) is 14.3. The van der Waals surface area contributed by atoms with Crippen molar-refractivity contribution in [1.29, 1.82) is 0 Å². The second-order valence-electron chi connectivity index (χ2n) is 5.72. The van der Waals surface area contributed by atoms with E-state index >= 15 is 0 Å². The van der Waals surface area contributed by atoms with Crippen molar-refractivity contribution in [2.75, 3.05) is 0 Å². The monoisotopic (exact) mass is 367 g/mol. The van der Waals surface area contributed by atoms with Gasteiger partial charge in [-0.25, -0.2) is 4.39 Å². The van der Waals surface area contributed by atoms with E-state index in [1.165, 1.54) is 53.5 Å². The SMILES string of the molecule is NC(Cc1ccc(F)c(Br)c1)c1cc2c(s1)CCCCC2. The van der Waals surface area contributed by atoms with Crippen LogP contribution in [0.25, 0.3) is 0 Å². The van der Waals surface area contributed by atoms with Gasteiger partial charge in [0, 0.05) is 15.8 Å². The van der Waals surface area contributed by atoms with E-state index in [4.69, 9.17) is 5.73 Å². The van der Waals surface area contributed by atoms with Crippen molar-refractivity contribution >= 4 is 27.3 Å². The third-order valence-corrected chi connectivity index (χ3v) is 6.05. The zero-order valence-electron chi connectivity index (χ0n) is 11.9. The van der Waals surface area contributed by atoms with E-state index < -0.39 is 0 Å². The van der Waals surface area contributed by atoms with Crippen LogP contribution in [-0.4, -0.2) is 0 Å². The molecule has 2 aromatic rings. The van der Waals surface area contributed by atoms with Crippen LogP contribution in [0.3, 0.4) is 0 Å². The maximum Gasteiger partial charge on any atom is 0.137 e. The molecule has 0 saturated carbocycles. The molecule has 1 atom stereocenters. The van der Waals surface area contributed by atoms with E-state index in [-0.39, 0.29) is 11.9 Å². The molecular formula is C17H19BrFNS. The summed E-state index contributed by atoms with van der Waals surface area (Å²) in [6, 6.07) is 7.44. The number of aryl methyl sites for hydroxylation is 2. The summed E-state index contributed by atoms with van der Waals surface area (Å²) in [7, 11) is 0. The predicted molar refractivity (Wildman–Crippen MR) is 90.3 cm³/mol. The van der Waals surface area contributed by atoms with Crippen LogP contribution in [0.15, 0.2) is 28.7 Å². The Hall–Kier alpha value is -0.710. The van der Waals surface area contributed by atoms with Gasteiger partial charge >= 0.3 is 0 Å². The highest BCUT2D eigenvalue weighted by molar-refractivity contribution is 9.10. The highest BCUT2D eigenvalue weighted by atomic mass is 79.9. The van der Waals surface area contributed by atoms with Gasteiger partial charge in [-0.15, -0.1) is 11.3 Å². The Morgan fingerprint density at radius 3 is 2.81 bits per heavy atom. The summed E-state index contributed by atoms with van der Waals surface area (Å²) in [6.07, 6.45) is 7.08. The summed E-state index contributed by atoms with van der Waals surface area (Å²) in [5.41, 5.74) is 8.94. The number of nitrogens with two attached hydrogens (primary N) is 1. The maximum absolute atomic E-state index is 13.3. The van der Waals surface area contributed by atoms with Crippen molar-refractivity contribution in [3.05, 3.63) is 55.4 Å². The molecular weight excluding hydrogens is 349 g/mol. The highest BCUT2D eigenvalue weighted by Gasteiger charge is 2.16. The standard InChI is InChI=1S/C17H19BrFNS/c18-13-8-11(6-7-14(13)19)9-15(20)17-10-12-4-2-1-3-5-16(12)21-17/h6-8,10,15H,1-5,9,20H2. The van der Waals surface area contributed by atoms with Gasteiger partial charge in [-0.2, -0.15) is 0 Å². The molecule has 0 aliphatic heterocycles. The molecule has 0 radical (unpaired) electrons. The molecule has 1 nitrogen and oxygen atoms in total. The lowest BCUT2D eigenvalue weighted by Crippen LogP contribution is -2.11. The third-order valence-electron chi connectivity index (χ3n) is 4.07. The maximum atomic E-state index is 13.3. The van der Waals surface area contributed by atoms with Gasteiger partial charge in [0.1, 0.15) is 5.82 Å². The average Bonchev–Trinajstić information content (AvgIpc) is 2.74.